The molecule has 7 heteroatoms. The predicted octanol–water partition coefficient (Wildman–Crippen LogP) is 1.77. The van der Waals surface area contributed by atoms with Crippen LogP contribution in [0, 0.1) is 0 Å². The first-order valence-electron chi connectivity index (χ1n) is 5.79. The number of piperidine rings is 1. The number of hydrogen-bond donors (Lipinski definition) is 1. The lowest BCUT2D eigenvalue weighted by Crippen LogP contribution is -2.44. The van der Waals surface area contributed by atoms with Crippen molar-refractivity contribution >= 4 is 27.3 Å². The van der Waals surface area contributed by atoms with Crippen LogP contribution in [0.2, 0.25) is 0 Å². The van der Waals surface area contributed by atoms with E-state index in [9.17, 15) is 13.2 Å². The molecule has 5 nitrogen and oxygen atoms in total. The molecule has 0 aliphatic carbocycles. The molecule has 1 aromatic rings. The molecule has 100 valence electrons. The quantitative estimate of drug-likeness (QED) is 0.916. The van der Waals surface area contributed by atoms with E-state index < -0.39 is 22.0 Å². The van der Waals surface area contributed by atoms with Crippen molar-refractivity contribution in [1.29, 1.82) is 0 Å². The summed E-state index contributed by atoms with van der Waals surface area (Å²) in [4.78, 5) is 10.8. The molecular weight excluding hydrogens is 274 g/mol. The second-order valence-electron chi connectivity index (χ2n) is 4.30. The Hall–Kier alpha value is -0.920. The van der Waals surface area contributed by atoms with Crippen LogP contribution in [0.1, 0.15) is 25.7 Å². The Morgan fingerprint density at radius 2 is 2.28 bits per heavy atom. The number of carbonyl (C=O) groups is 1. The summed E-state index contributed by atoms with van der Waals surface area (Å²) in [6.45, 7) is 0.415. The van der Waals surface area contributed by atoms with Gasteiger partial charge in [-0.1, -0.05) is 12.5 Å². The molecular formula is C11H15NO4S2. The van der Waals surface area contributed by atoms with Gasteiger partial charge in [0, 0.05) is 12.6 Å². The Kier molecular flexibility index (Phi) is 4.04. The molecule has 0 aromatic carbocycles. The lowest BCUT2D eigenvalue weighted by molar-refractivity contribution is -0.138. The minimum atomic E-state index is -3.52. The molecule has 0 saturated carbocycles. The molecule has 1 aliphatic heterocycles. The summed E-state index contributed by atoms with van der Waals surface area (Å²) >= 11 is 1.17. The van der Waals surface area contributed by atoms with Crippen LogP contribution in [0.4, 0.5) is 0 Å². The highest BCUT2D eigenvalue weighted by molar-refractivity contribution is 7.91. The smallest absolute Gasteiger partial charge is 0.304 e. The molecule has 18 heavy (non-hydrogen) atoms. The van der Waals surface area contributed by atoms with Gasteiger partial charge in [-0.2, -0.15) is 4.31 Å². The molecule has 1 atom stereocenters. The largest absolute Gasteiger partial charge is 0.481 e. The Morgan fingerprint density at radius 1 is 1.50 bits per heavy atom. The summed E-state index contributed by atoms with van der Waals surface area (Å²) in [7, 11) is -3.52. The normalized spacial score (nSPS) is 21.9. The van der Waals surface area contributed by atoms with Crippen LogP contribution in [0.5, 0.6) is 0 Å². The highest BCUT2D eigenvalue weighted by Gasteiger charge is 2.34. The van der Waals surface area contributed by atoms with Crippen molar-refractivity contribution in [2.24, 2.45) is 0 Å². The summed E-state index contributed by atoms with van der Waals surface area (Å²) in [6, 6.07) is 2.84. The number of carboxylic acids is 1. The van der Waals surface area contributed by atoms with Crippen LogP contribution in [0.25, 0.3) is 0 Å². The molecule has 1 saturated heterocycles. The first kappa shape index (κ1) is 13.5. The number of thiophene rings is 1. The van der Waals surface area contributed by atoms with Gasteiger partial charge >= 0.3 is 5.97 Å². The average molecular weight is 289 g/mol. The van der Waals surface area contributed by atoms with Gasteiger partial charge in [-0.25, -0.2) is 8.42 Å². The van der Waals surface area contributed by atoms with E-state index in [0.717, 1.165) is 12.8 Å². The zero-order chi connectivity index (χ0) is 13.2. The fourth-order valence-corrected chi connectivity index (χ4v) is 5.03. The van der Waals surface area contributed by atoms with Gasteiger partial charge in [0.15, 0.2) is 0 Å². The van der Waals surface area contributed by atoms with Crippen molar-refractivity contribution in [2.45, 2.75) is 35.9 Å². The summed E-state index contributed by atoms with van der Waals surface area (Å²) < 4.78 is 26.4. The number of hydrogen-bond acceptors (Lipinski definition) is 4. The van der Waals surface area contributed by atoms with Crippen molar-refractivity contribution in [2.75, 3.05) is 6.54 Å². The van der Waals surface area contributed by atoms with E-state index in [1.807, 2.05) is 0 Å². The van der Waals surface area contributed by atoms with Crippen LogP contribution in [0.3, 0.4) is 0 Å². The number of carboxylic acid groups (broad SMARTS) is 1. The lowest BCUT2D eigenvalue weighted by Gasteiger charge is -2.33. The minimum absolute atomic E-state index is 0.120. The van der Waals surface area contributed by atoms with E-state index in [2.05, 4.69) is 0 Å². The van der Waals surface area contributed by atoms with Crippen LogP contribution in [-0.2, 0) is 14.8 Å². The topological polar surface area (TPSA) is 74.7 Å². The second-order valence-corrected chi connectivity index (χ2v) is 7.36. The third kappa shape index (κ3) is 2.73. The molecule has 1 aromatic heterocycles. The molecule has 0 radical (unpaired) electrons. The van der Waals surface area contributed by atoms with Crippen molar-refractivity contribution in [1.82, 2.24) is 4.31 Å². The molecule has 2 rings (SSSR count). The van der Waals surface area contributed by atoms with E-state index in [4.69, 9.17) is 5.11 Å². The lowest BCUT2D eigenvalue weighted by atomic mass is 10.0. The maximum Gasteiger partial charge on any atom is 0.304 e. The monoisotopic (exact) mass is 289 g/mol. The first-order valence-corrected chi connectivity index (χ1v) is 8.11. The van der Waals surface area contributed by atoms with E-state index in [0.29, 0.717) is 17.2 Å². The fourth-order valence-electron chi connectivity index (χ4n) is 2.22. The molecule has 0 bridgehead atoms. The second kappa shape index (κ2) is 5.38. The van der Waals surface area contributed by atoms with Gasteiger partial charge < -0.3 is 5.11 Å². The van der Waals surface area contributed by atoms with Gasteiger partial charge in [-0.15, -0.1) is 11.3 Å². The Balaban J connectivity index is 2.26. The summed E-state index contributed by atoms with van der Waals surface area (Å²) in [5.41, 5.74) is 0. The Labute approximate surface area is 110 Å². The maximum atomic E-state index is 12.4. The molecule has 0 amide bonds. The average Bonchev–Trinajstić information content (AvgIpc) is 2.82. The van der Waals surface area contributed by atoms with E-state index >= 15 is 0 Å². The zero-order valence-electron chi connectivity index (χ0n) is 9.78. The van der Waals surface area contributed by atoms with Gasteiger partial charge in [0.25, 0.3) is 10.0 Å². The summed E-state index contributed by atoms with van der Waals surface area (Å²) in [6.07, 6.45) is 2.18. The highest BCUT2D eigenvalue weighted by Crippen LogP contribution is 2.29. The molecule has 1 N–H and O–H groups in total. The molecule has 1 fully saturated rings. The SMILES string of the molecule is O=C(O)CC1CCCCN1S(=O)(=O)c1cccs1. The molecule has 0 spiro atoms. The first-order chi connectivity index (χ1) is 8.51. The maximum absolute atomic E-state index is 12.4. The molecule has 1 unspecified atom stereocenters. The van der Waals surface area contributed by atoms with Gasteiger partial charge in [-0.05, 0) is 24.3 Å². The minimum Gasteiger partial charge on any atom is -0.481 e. The van der Waals surface area contributed by atoms with Crippen LogP contribution < -0.4 is 0 Å². The Bertz CT molecular complexity index is 509. The highest BCUT2D eigenvalue weighted by atomic mass is 32.2. The number of aliphatic carboxylic acids is 1. The van der Waals surface area contributed by atoms with Crippen molar-refractivity contribution in [3.05, 3.63) is 17.5 Å². The van der Waals surface area contributed by atoms with Crippen molar-refractivity contribution < 1.29 is 18.3 Å². The number of rotatable bonds is 4. The Morgan fingerprint density at radius 3 is 2.89 bits per heavy atom. The van der Waals surface area contributed by atoms with Crippen molar-refractivity contribution in [3.8, 4) is 0 Å². The molecule has 1 aliphatic rings. The number of sulfonamides is 1. The standard InChI is InChI=1S/C11H15NO4S2/c13-10(14)8-9-4-1-2-6-12(9)18(15,16)11-5-3-7-17-11/h3,5,7,9H,1-2,4,6,8H2,(H,13,14). The van der Waals surface area contributed by atoms with E-state index in [1.165, 1.54) is 15.6 Å². The van der Waals surface area contributed by atoms with Crippen LogP contribution in [0.15, 0.2) is 21.7 Å². The predicted molar refractivity (Wildman–Crippen MR) is 68.1 cm³/mol. The van der Waals surface area contributed by atoms with E-state index in [1.54, 1.807) is 17.5 Å². The fraction of sp³-hybridized carbons (Fsp3) is 0.545. The summed E-state index contributed by atoms with van der Waals surface area (Å²) in [5.74, 6) is -0.951. The summed E-state index contributed by atoms with van der Waals surface area (Å²) in [5, 5.41) is 10.6. The molecule has 2 heterocycles. The van der Waals surface area contributed by atoms with Crippen LogP contribution in [-0.4, -0.2) is 36.4 Å². The third-order valence-corrected chi connectivity index (χ3v) is 6.37. The van der Waals surface area contributed by atoms with Crippen molar-refractivity contribution in [3.63, 3.8) is 0 Å². The third-order valence-electron chi connectivity index (χ3n) is 3.04. The van der Waals surface area contributed by atoms with E-state index in [-0.39, 0.29) is 6.42 Å². The van der Waals surface area contributed by atoms with Gasteiger partial charge in [-0.3, -0.25) is 4.79 Å². The number of nitrogens with zero attached hydrogens (tertiary/aromatic N) is 1. The van der Waals surface area contributed by atoms with Gasteiger partial charge in [0.2, 0.25) is 0 Å². The van der Waals surface area contributed by atoms with Gasteiger partial charge in [0.1, 0.15) is 4.21 Å². The van der Waals surface area contributed by atoms with Crippen LogP contribution >= 0.6 is 11.3 Å². The van der Waals surface area contributed by atoms with Gasteiger partial charge in [0.05, 0.1) is 6.42 Å². The zero-order valence-corrected chi connectivity index (χ0v) is 11.4.